The third kappa shape index (κ3) is 4.37. The van der Waals surface area contributed by atoms with Crippen molar-refractivity contribution < 1.29 is 9.59 Å². The molecule has 20 heavy (non-hydrogen) atoms. The molecule has 2 N–H and O–H groups in total. The summed E-state index contributed by atoms with van der Waals surface area (Å²) in [6.07, 6.45) is 5.23. The number of fused-ring (bicyclic) bond motifs is 1. The van der Waals surface area contributed by atoms with Gasteiger partial charge in [0.1, 0.15) is 0 Å². The van der Waals surface area contributed by atoms with Gasteiger partial charge in [0.25, 0.3) is 0 Å². The SMILES string of the molecule is CC(=O)NCCNC(=O)Cc1ccc2c(c1)CCCC2. The molecule has 0 fully saturated rings. The number of benzene rings is 1. The molecule has 2 rings (SSSR count). The maximum atomic E-state index is 11.8. The average molecular weight is 274 g/mol. The second-order valence-electron chi connectivity index (χ2n) is 5.32. The third-order valence-corrected chi connectivity index (χ3v) is 3.60. The fourth-order valence-electron chi connectivity index (χ4n) is 2.59. The summed E-state index contributed by atoms with van der Waals surface area (Å²) in [5.74, 6) is -0.0694. The quantitative estimate of drug-likeness (QED) is 0.797. The Morgan fingerprint density at radius 2 is 1.75 bits per heavy atom. The normalized spacial score (nSPS) is 13.4. The number of amides is 2. The minimum Gasteiger partial charge on any atom is -0.355 e. The molecular formula is C16H22N2O2. The Morgan fingerprint density at radius 3 is 2.50 bits per heavy atom. The van der Waals surface area contributed by atoms with E-state index in [-0.39, 0.29) is 11.8 Å². The fraction of sp³-hybridized carbons (Fsp3) is 0.500. The minimum absolute atomic E-state index is 0.00566. The van der Waals surface area contributed by atoms with Crippen LogP contribution >= 0.6 is 0 Å². The molecule has 0 heterocycles. The molecule has 1 aliphatic carbocycles. The average Bonchev–Trinajstić information content (AvgIpc) is 2.43. The zero-order valence-corrected chi connectivity index (χ0v) is 12.0. The van der Waals surface area contributed by atoms with Crippen LogP contribution in [0.4, 0.5) is 0 Å². The number of nitrogens with one attached hydrogen (secondary N) is 2. The molecule has 0 unspecified atom stereocenters. The molecule has 0 saturated carbocycles. The molecule has 0 spiro atoms. The van der Waals surface area contributed by atoms with Crippen LogP contribution in [0, 0.1) is 0 Å². The van der Waals surface area contributed by atoms with E-state index in [4.69, 9.17) is 0 Å². The van der Waals surface area contributed by atoms with Crippen LogP contribution in [0.15, 0.2) is 18.2 Å². The molecule has 4 heteroatoms. The van der Waals surface area contributed by atoms with Gasteiger partial charge in [0, 0.05) is 20.0 Å². The molecule has 1 aromatic carbocycles. The van der Waals surface area contributed by atoms with Crippen molar-refractivity contribution in [2.24, 2.45) is 0 Å². The summed E-state index contributed by atoms with van der Waals surface area (Å²) in [6, 6.07) is 6.38. The van der Waals surface area contributed by atoms with Crippen molar-refractivity contribution in [1.82, 2.24) is 10.6 Å². The van der Waals surface area contributed by atoms with E-state index >= 15 is 0 Å². The van der Waals surface area contributed by atoms with Crippen LogP contribution in [0.2, 0.25) is 0 Å². The zero-order valence-electron chi connectivity index (χ0n) is 12.0. The topological polar surface area (TPSA) is 58.2 Å². The molecule has 0 bridgehead atoms. The molecule has 0 atom stereocenters. The Hall–Kier alpha value is -1.84. The summed E-state index contributed by atoms with van der Waals surface area (Å²) in [5.41, 5.74) is 3.91. The first-order valence-electron chi connectivity index (χ1n) is 7.27. The predicted octanol–water partition coefficient (Wildman–Crippen LogP) is 1.36. The monoisotopic (exact) mass is 274 g/mol. The van der Waals surface area contributed by atoms with E-state index in [1.165, 1.54) is 37.3 Å². The van der Waals surface area contributed by atoms with E-state index in [0.29, 0.717) is 19.5 Å². The predicted molar refractivity (Wildman–Crippen MR) is 78.5 cm³/mol. The summed E-state index contributed by atoms with van der Waals surface area (Å²) in [5, 5.41) is 5.46. The van der Waals surface area contributed by atoms with Gasteiger partial charge in [-0.05, 0) is 42.4 Å². The number of hydrogen-bond acceptors (Lipinski definition) is 2. The Kier molecular flexibility index (Phi) is 5.16. The van der Waals surface area contributed by atoms with E-state index in [2.05, 4.69) is 28.8 Å². The second kappa shape index (κ2) is 7.08. The number of aryl methyl sites for hydroxylation is 2. The number of carbonyl (C=O) groups is 2. The first kappa shape index (κ1) is 14.6. The van der Waals surface area contributed by atoms with E-state index in [9.17, 15) is 9.59 Å². The van der Waals surface area contributed by atoms with Crippen molar-refractivity contribution in [3.8, 4) is 0 Å². The molecule has 0 saturated heterocycles. The summed E-state index contributed by atoms with van der Waals surface area (Å²) >= 11 is 0. The van der Waals surface area contributed by atoms with Crippen molar-refractivity contribution in [2.45, 2.75) is 39.0 Å². The lowest BCUT2D eigenvalue weighted by Crippen LogP contribution is -2.34. The lowest BCUT2D eigenvalue weighted by atomic mass is 9.90. The van der Waals surface area contributed by atoms with Crippen LogP contribution in [0.3, 0.4) is 0 Å². The van der Waals surface area contributed by atoms with Gasteiger partial charge in [-0.25, -0.2) is 0 Å². The third-order valence-electron chi connectivity index (χ3n) is 3.60. The van der Waals surface area contributed by atoms with Gasteiger partial charge < -0.3 is 10.6 Å². The Balaban J connectivity index is 1.80. The minimum atomic E-state index is -0.0751. The van der Waals surface area contributed by atoms with E-state index in [1.54, 1.807) is 0 Å². The molecular weight excluding hydrogens is 252 g/mol. The van der Waals surface area contributed by atoms with Crippen LogP contribution < -0.4 is 10.6 Å². The van der Waals surface area contributed by atoms with Gasteiger partial charge in [0.05, 0.1) is 6.42 Å². The molecule has 0 radical (unpaired) electrons. The highest BCUT2D eigenvalue weighted by molar-refractivity contribution is 5.78. The number of rotatable bonds is 5. The van der Waals surface area contributed by atoms with Crippen molar-refractivity contribution in [3.63, 3.8) is 0 Å². The molecule has 0 aromatic heterocycles. The van der Waals surface area contributed by atoms with Crippen LogP contribution in [0.25, 0.3) is 0 Å². The maximum absolute atomic E-state index is 11.8. The lowest BCUT2D eigenvalue weighted by Gasteiger charge is -2.16. The summed E-state index contributed by atoms with van der Waals surface area (Å²) < 4.78 is 0. The fourth-order valence-corrected chi connectivity index (χ4v) is 2.59. The highest BCUT2D eigenvalue weighted by Gasteiger charge is 2.10. The number of hydrogen-bond donors (Lipinski definition) is 2. The van der Waals surface area contributed by atoms with Crippen molar-refractivity contribution in [1.29, 1.82) is 0 Å². The molecule has 1 aliphatic rings. The Labute approximate surface area is 119 Å². The van der Waals surface area contributed by atoms with Crippen molar-refractivity contribution >= 4 is 11.8 Å². The smallest absolute Gasteiger partial charge is 0.224 e. The molecule has 2 amide bonds. The molecule has 1 aromatic rings. The van der Waals surface area contributed by atoms with Gasteiger partial charge in [0.2, 0.25) is 11.8 Å². The zero-order chi connectivity index (χ0) is 14.4. The van der Waals surface area contributed by atoms with Crippen LogP contribution in [0.1, 0.15) is 36.5 Å². The molecule has 108 valence electrons. The summed E-state index contributed by atoms with van der Waals surface area (Å²) in [6.45, 7) is 2.42. The van der Waals surface area contributed by atoms with Gasteiger partial charge in [-0.2, -0.15) is 0 Å². The van der Waals surface area contributed by atoms with E-state index < -0.39 is 0 Å². The lowest BCUT2D eigenvalue weighted by molar-refractivity contribution is -0.121. The van der Waals surface area contributed by atoms with Crippen molar-refractivity contribution in [2.75, 3.05) is 13.1 Å². The first-order valence-corrected chi connectivity index (χ1v) is 7.27. The van der Waals surface area contributed by atoms with Gasteiger partial charge in [-0.15, -0.1) is 0 Å². The summed E-state index contributed by atoms with van der Waals surface area (Å²) in [7, 11) is 0. The maximum Gasteiger partial charge on any atom is 0.224 e. The highest BCUT2D eigenvalue weighted by Crippen LogP contribution is 2.22. The van der Waals surface area contributed by atoms with Gasteiger partial charge in [0.15, 0.2) is 0 Å². The Bertz CT molecular complexity index is 497. The first-order chi connectivity index (χ1) is 9.65. The highest BCUT2D eigenvalue weighted by atomic mass is 16.2. The van der Waals surface area contributed by atoms with Gasteiger partial charge >= 0.3 is 0 Å². The number of carbonyl (C=O) groups excluding carboxylic acids is 2. The van der Waals surface area contributed by atoms with Crippen LogP contribution in [-0.2, 0) is 28.9 Å². The Morgan fingerprint density at radius 1 is 1.05 bits per heavy atom. The molecule has 0 aliphatic heterocycles. The molecule has 4 nitrogen and oxygen atoms in total. The van der Waals surface area contributed by atoms with Crippen LogP contribution in [0.5, 0.6) is 0 Å². The largest absolute Gasteiger partial charge is 0.355 e. The summed E-state index contributed by atoms with van der Waals surface area (Å²) in [4.78, 5) is 22.5. The van der Waals surface area contributed by atoms with Gasteiger partial charge in [-0.1, -0.05) is 18.2 Å². The van der Waals surface area contributed by atoms with E-state index in [0.717, 1.165) is 12.0 Å². The standard InChI is InChI=1S/C16H22N2O2/c1-12(19)17-8-9-18-16(20)11-13-6-7-14-4-2-3-5-15(14)10-13/h6-7,10H,2-5,8-9,11H2,1H3,(H,17,19)(H,18,20). The van der Waals surface area contributed by atoms with Crippen molar-refractivity contribution in [3.05, 3.63) is 34.9 Å². The van der Waals surface area contributed by atoms with E-state index in [1.807, 2.05) is 0 Å². The van der Waals surface area contributed by atoms with Crippen LogP contribution in [-0.4, -0.2) is 24.9 Å². The van der Waals surface area contributed by atoms with Gasteiger partial charge in [-0.3, -0.25) is 9.59 Å². The second-order valence-corrected chi connectivity index (χ2v) is 5.32.